The maximum Gasteiger partial charge on any atom is 0.440 e. The fourth-order valence-corrected chi connectivity index (χ4v) is 3.09. The molecule has 106 valence electrons. The highest BCUT2D eigenvalue weighted by molar-refractivity contribution is 7.52. The van der Waals surface area contributed by atoms with Gasteiger partial charge >= 0.3 is 13.8 Å². The molecule has 7 heteroatoms. The van der Waals surface area contributed by atoms with Gasteiger partial charge < -0.3 is 4.74 Å². The summed E-state index contributed by atoms with van der Waals surface area (Å²) in [4.78, 5) is 11.5. The normalized spacial score (nSPS) is 16.1. The topological polar surface area (TPSA) is 65.1 Å². The minimum Gasteiger partial charge on any atom is -0.447 e. The Kier molecular flexibility index (Phi) is 6.68. The van der Waals surface area contributed by atoms with Crippen molar-refractivity contribution >= 4 is 13.8 Å². The first-order chi connectivity index (χ1) is 8.64. The van der Waals surface area contributed by atoms with Gasteiger partial charge in [-0.25, -0.2) is 14.0 Å². The van der Waals surface area contributed by atoms with E-state index in [1.807, 2.05) is 13.8 Å². The molecule has 0 aromatic heterocycles. The summed E-state index contributed by atoms with van der Waals surface area (Å²) in [6, 6.07) is 0. The third-order valence-electron chi connectivity index (χ3n) is 2.54. The van der Waals surface area contributed by atoms with Gasteiger partial charge in [0.15, 0.2) is 0 Å². The average Bonchev–Trinajstić information content (AvgIpc) is 2.77. The Hall–Kier alpha value is -0.580. The highest BCUT2D eigenvalue weighted by atomic mass is 31.2. The first-order valence-electron chi connectivity index (χ1n) is 6.48. The van der Waals surface area contributed by atoms with Crippen LogP contribution in [0.4, 0.5) is 4.79 Å². The first kappa shape index (κ1) is 15.5. The van der Waals surface area contributed by atoms with Crippen molar-refractivity contribution in [2.75, 3.05) is 26.4 Å². The van der Waals surface area contributed by atoms with Crippen molar-refractivity contribution in [3.63, 3.8) is 0 Å². The number of unbranched alkanes of at least 4 members (excludes halogenated alkanes) is 2. The lowest BCUT2D eigenvalue weighted by Crippen LogP contribution is -2.24. The number of nitrogens with zero attached hydrogens (tertiary/aromatic N) is 1. The van der Waals surface area contributed by atoms with Crippen molar-refractivity contribution < 1.29 is 23.1 Å². The smallest absolute Gasteiger partial charge is 0.440 e. The molecule has 0 atom stereocenters. The van der Waals surface area contributed by atoms with E-state index in [1.54, 1.807) is 0 Å². The van der Waals surface area contributed by atoms with E-state index in [9.17, 15) is 9.36 Å². The van der Waals surface area contributed by atoms with E-state index in [1.165, 1.54) is 0 Å². The molecular formula is C11H22NO5P. The van der Waals surface area contributed by atoms with Crippen molar-refractivity contribution in [2.24, 2.45) is 0 Å². The summed E-state index contributed by atoms with van der Waals surface area (Å²) in [7, 11) is -3.52. The van der Waals surface area contributed by atoms with Gasteiger partial charge in [-0.2, -0.15) is 0 Å². The van der Waals surface area contributed by atoms with Crippen LogP contribution in [-0.2, 0) is 18.3 Å². The summed E-state index contributed by atoms with van der Waals surface area (Å²) < 4.78 is 29.1. The van der Waals surface area contributed by atoms with Gasteiger partial charge in [-0.15, -0.1) is 0 Å². The van der Waals surface area contributed by atoms with E-state index >= 15 is 0 Å². The predicted octanol–water partition coefficient (Wildman–Crippen LogP) is 3.18. The van der Waals surface area contributed by atoms with Gasteiger partial charge in [-0.1, -0.05) is 26.7 Å². The Labute approximate surface area is 108 Å². The van der Waals surface area contributed by atoms with Gasteiger partial charge in [0.2, 0.25) is 0 Å². The molecule has 0 radical (unpaired) electrons. The molecule has 1 heterocycles. The Morgan fingerprint density at radius 2 is 1.78 bits per heavy atom. The lowest BCUT2D eigenvalue weighted by molar-refractivity contribution is 0.144. The Morgan fingerprint density at radius 3 is 2.17 bits per heavy atom. The largest absolute Gasteiger partial charge is 0.447 e. The van der Waals surface area contributed by atoms with Gasteiger partial charge in [0, 0.05) is 0 Å². The van der Waals surface area contributed by atoms with Gasteiger partial charge in [0.25, 0.3) is 0 Å². The molecule has 1 fully saturated rings. The molecule has 0 aromatic rings. The van der Waals surface area contributed by atoms with Crippen LogP contribution in [0, 0.1) is 0 Å². The van der Waals surface area contributed by atoms with Crippen molar-refractivity contribution in [2.45, 2.75) is 39.5 Å². The number of hydrogen-bond acceptors (Lipinski definition) is 5. The molecule has 1 saturated heterocycles. The first-order valence-corrected chi connectivity index (χ1v) is 7.97. The second-order valence-electron chi connectivity index (χ2n) is 4.08. The molecule has 1 amide bonds. The molecule has 0 saturated carbocycles. The number of hydrogen-bond donors (Lipinski definition) is 0. The Bertz CT molecular complexity index is 296. The zero-order valence-corrected chi connectivity index (χ0v) is 12.0. The van der Waals surface area contributed by atoms with Crippen molar-refractivity contribution in [3.05, 3.63) is 0 Å². The summed E-state index contributed by atoms with van der Waals surface area (Å²) in [5.41, 5.74) is 0. The van der Waals surface area contributed by atoms with E-state index in [-0.39, 0.29) is 13.2 Å². The molecule has 0 bridgehead atoms. The predicted molar refractivity (Wildman–Crippen MR) is 67.4 cm³/mol. The minimum absolute atomic E-state index is 0.233. The molecule has 1 aliphatic heterocycles. The summed E-state index contributed by atoms with van der Waals surface area (Å²) >= 11 is 0. The Morgan fingerprint density at radius 1 is 1.22 bits per heavy atom. The van der Waals surface area contributed by atoms with E-state index in [2.05, 4.69) is 0 Å². The second-order valence-corrected chi connectivity index (χ2v) is 6.02. The fourth-order valence-electron chi connectivity index (χ4n) is 1.43. The number of ether oxygens (including phenoxy) is 1. The van der Waals surface area contributed by atoms with Gasteiger partial charge in [-0.05, 0) is 12.8 Å². The quantitative estimate of drug-likeness (QED) is 0.479. The number of rotatable bonds is 9. The van der Waals surface area contributed by atoms with E-state index in [0.29, 0.717) is 13.2 Å². The molecule has 18 heavy (non-hydrogen) atoms. The lowest BCUT2D eigenvalue weighted by Gasteiger charge is -2.24. The maximum atomic E-state index is 12.6. The van der Waals surface area contributed by atoms with Crippen molar-refractivity contribution in [1.82, 2.24) is 4.67 Å². The summed E-state index contributed by atoms with van der Waals surface area (Å²) in [6.45, 7) is 5.16. The van der Waals surface area contributed by atoms with E-state index in [0.717, 1.165) is 30.4 Å². The van der Waals surface area contributed by atoms with Crippen molar-refractivity contribution in [1.29, 1.82) is 0 Å². The van der Waals surface area contributed by atoms with Crippen LogP contribution in [0.1, 0.15) is 39.5 Å². The summed E-state index contributed by atoms with van der Waals surface area (Å²) in [5, 5.41) is 0. The third-order valence-corrected chi connectivity index (χ3v) is 4.51. The monoisotopic (exact) mass is 279 g/mol. The number of cyclic esters (lactones) is 1. The van der Waals surface area contributed by atoms with Crippen molar-refractivity contribution in [3.8, 4) is 0 Å². The van der Waals surface area contributed by atoms with Crippen LogP contribution in [0.15, 0.2) is 0 Å². The van der Waals surface area contributed by atoms with E-state index < -0.39 is 13.8 Å². The lowest BCUT2D eigenvalue weighted by atomic mass is 10.4. The molecule has 6 nitrogen and oxygen atoms in total. The zero-order chi connectivity index (χ0) is 13.4. The highest BCUT2D eigenvalue weighted by Gasteiger charge is 2.41. The van der Waals surface area contributed by atoms with Gasteiger partial charge in [0.05, 0.1) is 19.8 Å². The van der Waals surface area contributed by atoms with Gasteiger partial charge in [-0.3, -0.25) is 9.05 Å². The van der Waals surface area contributed by atoms with Crippen LogP contribution in [-0.4, -0.2) is 37.1 Å². The van der Waals surface area contributed by atoms with Gasteiger partial charge in [0.1, 0.15) is 6.61 Å². The summed E-state index contributed by atoms with van der Waals surface area (Å²) in [5.74, 6) is 0. The average molecular weight is 279 g/mol. The highest BCUT2D eigenvalue weighted by Crippen LogP contribution is 2.53. The van der Waals surface area contributed by atoms with Crippen LogP contribution in [0.3, 0.4) is 0 Å². The molecule has 0 aromatic carbocycles. The van der Waals surface area contributed by atoms with Crippen LogP contribution in [0.25, 0.3) is 0 Å². The molecule has 0 unspecified atom stereocenters. The van der Waals surface area contributed by atoms with E-state index in [4.69, 9.17) is 13.8 Å². The minimum atomic E-state index is -3.52. The fraction of sp³-hybridized carbons (Fsp3) is 0.909. The third kappa shape index (κ3) is 4.26. The number of amides is 1. The van der Waals surface area contributed by atoms with Crippen LogP contribution in [0.5, 0.6) is 0 Å². The van der Waals surface area contributed by atoms with Crippen LogP contribution < -0.4 is 0 Å². The van der Waals surface area contributed by atoms with Crippen LogP contribution in [0.2, 0.25) is 0 Å². The molecule has 1 rings (SSSR count). The zero-order valence-electron chi connectivity index (χ0n) is 11.1. The number of carbonyl (C=O) groups excluding carboxylic acids is 1. The molecule has 0 N–H and O–H groups in total. The standard InChI is InChI=1S/C11H22NO5P/c1-3-5-8-16-18(14,17-9-6-4-2)12-7-10-15-11(12)13/h3-10H2,1-2H3. The SMILES string of the molecule is CCCCOP(=O)(OCCCC)N1CCOC1=O. The second kappa shape index (κ2) is 7.77. The molecular weight excluding hydrogens is 257 g/mol. The maximum absolute atomic E-state index is 12.6. The van der Waals surface area contributed by atoms with Crippen LogP contribution >= 0.6 is 7.75 Å². The molecule has 1 aliphatic rings. The molecule has 0 spiro atoms. The molecule has 0 aliphatic carbocycles. The Balaban J connectivity index is 2.60. The summed E-state index contributed by atoms with van der Waals surface area (Å²) in [6.07, 6.45) is 2.80. The number of carbonyl (C=O) groups is 1.